The van der Waals surface area contributed by atoms with Crippen molar-refractivity contribution in [3.8, 4) is 5.75 Å². The van der Waals surface area contributed by atoms with Crippen LogP contribution in [0, 0.1) is 5.41 Å². The Bertz CT molecular complexity index is 914. The fourth-order valence-corrected chi connectivity index (χ4v) is 3.31. The van der Waals surface area contributed by atoms with Gasteiger partial charge in [0, 0.05) is 59.8 Å². The highest BCUT2D eigenvalue weighted by atomic mass is 35.5. The number of hydrogen-bond acceptors (Lipinski definition) is 5. The summed E-state index contributed by atoms with van der Waals surface area (Å²) in [5.74, 6) is 0.429. The molecule has 33 heavy (non-hydrogen) atoms. The van der Waals surface area contributed by atoms with E-state index in [4.69, 9.17) is 16.3 Å². The number of amides is 2. The molecule has 2 amide bonds. The van der Waals surface area contributed by atoms with Gasteiger partial charge in [0.15, 0.2) is 0 Å². The van der Waals surface area contributed by atoms with Crippen LogP contribution in [0.4, 0.5) is 5.69 Å². The fourth-order valence-electron chi connectivity index (χ4n) is 3.08. The second-order valence-electron chi connectivity index (χ2n) is 9.14. The van der Waals surface area contributed by atoms with E-state index in [-0.39, 0.29) is 17.9 Å². The highest BCUT2D eigenvalue weighted by Crippen LogP contribution is 2.23. The van der Waals surface area contributed by atoms with Crippen molar-refractivity contribution in [2.45, 2.75) is 47.1 Å². The van der Waals surface area contributed by atoms with Crippen molar-refractivity contribution in [2.24, 2.45) is 5.41 Å². The van der Waals surface area contributed by atoms with Crippen LogP contribution in [-0.2, 0) is 4.79 Å². The van der Waals surface area contributed by atoms with Crippen molar-refractivity contribution in [1.82, 2.24) is 15.2 Å². The normalized spacial score (nSPS) is 11.2. The first-order chi connectivity index (χ1) is 15.6. The van der Waals surface area contributed by atoms with Gasteiger partial charge in [0.05, 0.1) is 0 Å². The Kier molecular flexibility index (Phi) is 9.97. The third-order valence-electron chi connectivity index (χ3n) is 4.93. The van der Waals surface area contributed by atoms with Crippen LogP contribution in [0.1, 0.15) is 51.4 Å². The quantitative estimate of drug-likeness (QED) is 0.464. The third-order valence-corrected chi connectivity index (χ3v) is 5.14. The molecular formula is C25H35ClN4O3. The number of anilines is 1. The first kappa shape index (κ1) is 26.5. The van der Waals surface area contributed by atoms with E-state index >= 15 is 0 Å². The number of hydrogen-bond donors (Lipinski definition) is 2. The smallest absolute Gasteiger partial charge is 0.254 e. The molecule has 0 aliphatic carbocycles. The average molecular weight is 475 g/mol. The molecular weight excluding hydrogens is 440 g/mol. The summed E-state index contributed by atoms with van der Waals surface area (Å²) in [6, 6.07) is 8.84. The number of rotatable bonds is 11. The molecule has 2 aromatic rings. The Balaban J connectivity index is 1.93. The minimum absolute atomic E-state index is 0.0000222. The number of benzene rings is 1. The molecule has 7 nitrogen and oxygen atoms in total. The number of aromatic nitrogens is 1. The van der Waals surface area contributed by atoms with Gasteiger partial charge in [0.1, 0.15) is 12.4 Å². The van der Waals surface area contributed by atoms with Crippen LogP contribution in [0.3, 0.4) is 0 Å². The zero-order valence-electron chi connectivity index (χ0n) is 20.2. The average Bonchev–Trinajstić information content (AvgIpc) is 2.75. The summed E-state index contributed by atoms with van der Waals surface area (Å²) in [5.41, 5.74) is 1.01. The van der Waals surface area contributed by atoms with Gasteiger partial charge in [0.25, 0.3) is 5.91 Å². The zero-order valence-corrected chi connectivity index (χ0v) is 20.9. The Morgan fingerprint density at radius 3 is 2.45 bits per heavy atom. The molecule has 1 heterocycles. The number of carbonyl (C=O) groups excluding carboxylic acids is 2. The van der Waals surface area contributed by atoms with Gasteiger partial charge in [-0.25, -0.2) is 0 Å². The number of ether oxygens (including phenoxy) is 1. The summed E-state index contributed by atoms with van der Waals surface area (Å²) in [6.45, 7) is 11.6. The van der Waals surface area contributed by atoms with Crippen molar-refractivity contribution in [2.75, 3.05) is 31.6 Å². The minimum atomic E-state index is -0.432. The molecule has 0 saturated carbocycles. The van der Waals surface area contributed by atoms with Crippen LogP contribution in [-0.4, -0.2) is 54.0 Å². The SMILES string of the molecule is CC(C)N(CCCNC(=O)C(C)(C)C)C(=O)c1cc(Cl)cc(OCCNc2ccncc2)c1. The maximum absolute atomic E-state index is 13.2. The van der Waals surface area contributed by atoms with E-state index in [0.29, 0.717) is 49.0 Å². The molecule has 0 atom stereocenters. The molecule has 0 aliphatic rings. The van der Waals surface area contributed by atoms with Gasteiger partial charge < -0.3 is 20.3 Å². The lowest BCUT2D eigenvalue weighted by Crippen LogP contribution is -2.40. The van der Waals surface area contributed by atoms with Gasteiger partial charge in [-0.2, -0.15) is 0 Å². The summed E-state index contributed by atoms with van der Waals surface area (Å²) >= 11 is 6.27. The van der Waals surface area contributed by atoms with Crippen LogP contribution >= 0.6 is 11.6 Å². The highest BCUT2D eigenvalue weighted by molar-refractivity contribution is 6.31. The Morgan fingerprint density at radius 2 is 1.82 bits per heavy atom. The summed E-state index contributed by atoms with van der Waals surface area (Å²) in [5, 5.41) is 6.61. The second kappa shape index (κ2) is 12.4. The lowest BCUT2D eigenvalue weighted by atomic mass is 9.96. The molecule has 0 bridgehead atoms. The summed E-state index contributed by atoms with van der Waals surface area (Å²) in [4.78, 5) is 31.0. The zero-order chi connectivity index (χ0) is 24.4. The number of carbonyl (C=O) groups is 2. The molecule has 1 aromatic carbocycles. The number of nitrogens with zero attached hydrogens (tertiary/aromatic N) is 2. The van der Waals surface area contributed by atoms with E-state index < -0.39 is 5.41 Å². The minimum Gasteiger partial charge on any atom is -0.492 e. The van der Waals surface area contributed by atoms with Crippen LogP contribution in [0.15, 0.2) is 42.7 Å². The molecule has 0 fully saturated rings. The van der Waals surface area contributed by atoms with Crippen molar-refractivity contribution in [1.29, 1.82) is 0 Å². The second-order valence-corrected chi connectivity index (χ2v) is 9.57. The topological polar surface area (TPSA) is 83.6 Å². The third kappa shape index (κ3) is 8.92. The largest absolute Gasteiger partial charge is 0.492 e. The van der Waals surface area contributed by atoms with E-state index in [1.165, 1.54) is 0 Å². The van der Waals surface area contributed by atoms with E-state index in [1.807, 2.05) is 46.8 Å². The number of nitrogens with one attached hydrogen (secondary N) is 2. The number of pyridine rings is 1. The van der Waals surface area contributed by atoms with Crippen molar-refractivity contribution >= 4 is 29.1 Å². The van der Waals surface area contributed by atoms with Gasteiger partial charge >= 0.3 is 0 Å². The Hall–Kier alpha value is -2.80. The van der Waals surface area contributed by atoms with Gasteiger partial charge in [-0.05, 0) is 50.6 Å². The maximum atomic E-state index is 13.2. The lowest BCUT2D eigenvalue weighted by molar-refractivity contribution is -0.128. The molecule has 0 radical (unpaired) electrons. The Labute approximate surface area is 201 Å². The summed E-state index contributed by atoms with van der Waals surface area (Å²) in [7, 11) is 0. The van der Waals surface area contributed by atoms with Gasteiger partial charge in [-0.3, -0.25) is 14.6 Å². The summed E-state index contributed by atoms with van der Waals surface area (Å²) < 4.78 is 5.82. The van der Waals surface area contributed by atoms with Crippen molar-refractivity contribution < 1.29 is 14.3 Å². The molecule has 0 unspecified atom stereocenters. The van der Waals surface area contributed by atoms with Gasteiger partial charge in [-0.15, -0.1) is 0 Å². The molecule has 0 spiro atoms. The molecule has 0 aliphatic heterocycles. The van der Waals surface area contributed by atoms with Crippen LogP contribution in [0.2, 0.25) is 5.02 Å². The van der Waals surface area contributed by atoms with E-state index in [2.05, 4.69) is 15.6 Å². The van der Waals surface area contributed by atoms with Crippen molar-refractivity contribution in [3.63, 3.8) is 0 Å². The lowest BCUT2D eigenvalue weighted by Gasteiger charge is -2.27. The van der Waals surface area contributed by atoms with Crippen LogP contribution in [0.25, 0.3) is 0 Å². The first-order valence-electron chi connectivity index (χ1n) is 11.2. The summed E-state index contributed by atoms with van der Waals surface area (Å²) in [6.07, 6.45) is 4.10. The maximum Gasteiger partial charge on any atom is 0.254 e. The fraction of sp³-hybridized carbons (Fsp3) is 0.480. The van der Waals surface area contributed by atoms with Crippen LogP contribution < -0.4 is 15.4 Å². The van der Waals surface area contributed by atoms with Crippen LogP contribution in [0.5, 0.6) is 5.75 Å². The van der Waals surface area contributed by atoms with Gasteiger partial charge in [0.2, 0.25) is 5.91 Å². The monoisotopic (exact) mass is 474 g/mol. The predicted octanol–water partition coefficient (Wildman–Crippen LogP) is 4.63. The van der Waals surface area contributed by atoms with Gasteiger partial charge in [-0.1, -0.05) is 32.4 Å². The molecule has 2 N–H and O–H groups in total. The van der Waals surface area contributed by atoms with E-state index in [0.717, 1.165) is 5.69 Å². The standard InChI is InChI=1S/C25H35ClN4O3/c1-18(2)30(13-6-9-29-24(32)25(3,4)5)23(31)19-15-20(26)17-22(16-19)33-14-12-28-21-7-10-27-11-8-21/h7-8,10-11,15-18H,6,9,12-14H2,1-5H3,(H,27,28)(H,29,32). The molecule has 1 aromatic heterocycles. The molecule has 0 saturated heterocycles. The first-order valence-corrected chi connectivity index (χ1v) is 11.6. The van der Waals surface area contributed by atoms with Crippen molar-refractivity contribution in [3.05, 3.63) is 53.3 Å². The van der Waals surface area contributed by atoms with E-state index in [9.17, 15) is 9.59 Å². The Morgan fingerprint density at radius 1 is 1.12 bits per heavy atom. The highest BCUT2D eigenvalue weighted by Gasteiger charge is 2.22. The van der Waals surface area contributed by atoms with E-state index in [1.54, 1.807) is 35.5 Å². The molecule has 2 rings (SSSR count). The predicted molar refractivity (Wildman–Crippen MR) is 133 cm³/mol. The number of halogens is 1. The molecule has 180 valence electrons. The molecule has 8 heteroatoms.